The van der Waals surface area contributed by atoms with Gasteiger partial charge in [0.15, 0.2) is 0 Å². The van der Waals surface area contributed by atoms with Gasteiger partial charge in [-0.3, -0.25) is 0 Å². The van der Waals surface area contributed by atoms with E-state index in [1.807, 2.05) is 30.3 Å². The Labute approximate surface area is 117 Å². The zero-order valence-corrected chi connectivity index (χ0v) is 11.2. The highest BCUT2D eigenvalue weighted by molar-refractivity contribution is 6.30. The number of halogens is 2. The Bertz CT molecular complexity index is 499. The topological polar surface area (TPSA) is 21.3 Å². The van der Waals surface area contributed by atoms with Gasteiger partial charge >= 0.3 is 0 Å². The summed E-state index contributed by atoms with van der Waals surface area (Å²) in [6.45, 7) is 1.81. The normalized spacial score (nSPS) is 10.4. The monoisotopic (exact) mass is 279 g/mol. The minimum atomic E-state index is -0.315. The highest BCUT2D eigenvalue weighted by Crippen LogP contribution is 2.13. The van der Waals surface area contributed by atoms with Crippen molar-refractivity contribution in [1.29, 1.82) is 0 Å². The molecule has 1 N–H and O–H groups in total. The summed E-state index contributed by atoms with van der Waals surface area (Å²) in [4.78, 5) is 0. The number of hydrogen-bond donors (Lipinski definition) is 1. The third-order valence-electron chi connectivity index (χ3n) is 2.54. The van der Waals surface area contributed by atoms with Crippen molar-refractivity contribution in [3.63, 3.8) is 0 Å². The van der Waals surface area contributed by atoms with E-state index in [4.69, 9.17) is 16.3 Å². The van der Waals surface area contributed by atoms with Crippen LogP contribution in [-0.4, -0.2) is 13.2 Å². The van der Waals surface area contributed by atoms with E-state index < -0.39 is 0 Å². The van der Waals surface area contributed by atoms with Crippen LogP contribution in [0.2, 0.25) is 5.02 Å². The molecule has 0 bridgehead atoms. The molecule has 0 aliphatic rings. The van der Waals surface area contributed by atoms with Gasteiger partial charge in [-0.1, -0.05) is 29.8 Å². The molecule has 0 aliphatic carbocycles. The van der Waals surface area contributed by atoms with Gasteiger partial charge < -0.3 is 10.1 Å². The van der Waals surface area contributed by atoms with Crippen LogP contribution in [0.4, 0.5) is 4.39 Å². The predicted molar refractivity (Wildman–Crippen MR) is 75.1 cm³/mol. The maximum atomic E-state index is 13.1. The Morgan fingerprint density at radius 3 is 2.63 bits per heavy atom. The van der Waals surface area contributed by atoms with Crippen molar-refractivity contribution >= 4 is 11.6 Å². The number of para-hydroxylation sites is 1. The minimum Gasteiger partial charge on any atom is -0.492 e. The molecular weight excluding hydrogens is 265 g/mol. The molecule has 0 unspecified atom stereocenters. The lowest BCUT2D eigenvalue weighted by Gasteiger charge is -2.08. The molecule has 2 aromatic rings. The molecule has 0 heterocycles. The number of rotatable bonds is 6. The fourth-order valence-electron chi connectivity index (χ4n) is 1.70. The van der Waals surface area contributed by atoms with E-state index in [-0.39, 0.29) is 5.82 Å². The first kappa shape index (κ1) is 13.8. The fraction of sp³-hybridized carbons (Fsp3) is 0.200. The molecule has 0 amide bonds. The highest BCUT2D eigenvalue weighted by atomic mass is 35.5. The standard InChI is InChI=1S/C15H15ClFNO/c16-13-8-12(9-14(17)10-13)11-18-6-7-19-15-4-2-1-3-5-15/h1-5,8-10,18H,6-7,11H2. The van der Waals surface area contributed by atoms with Crippen LogP contribution in [0.1, 0.15) is 5.56 Å². The van der Waals surface area contributed by atoms with Gasteiger partial charge in [-0.25, -0.2) is 4.39 Å². The fourth-order valence-corrected chi connectivity index (χ4v) is 1.95. The first-order chi connectivity index (χ1) is 9.24. The Morgan fingerprint density at radius 2 is 1.89 bits per heavy atom. The first-order valence-electron chi connectivity index (χ1n) is 6.07. The largest absolute Gasteiger partial charge is 0.492 e. The van der Waals surface area contributed by atoms with E-state index in [0.717, 1.165) is 11.3 Å². The summed E-state index contributed by atoms with van der Waals surface area (Å²) in [7, 11) is 0. The van der Waals surface area contributed by atoms with E-state index >= 15 is 0 Å². The Kier molecular flexibility index (Phi) is 5.19. The summed E-state index contributed by atoms with van der Waals surface area (Å²) in [6.07, 6.45) is 0. The van der Waals surface area contributed by atoms with Crippen molar-refractivity contribution in [2.75, 3.05) is 13.2 Å². The van der Waals surface area contributed by atoms with Crippen LogP contribution in [0.15, 0.2) is 48.5 Å². The summed E-state index contributed by atoms with van der Waals surface area (Å²) < 4.78 is 18.6. The molecule has 100 valence electrons. The quantitative estimate of drug-likeness (QED) is 0.815. The lowest BCUT2D eigenvalue weighted by molar-refractivity contribution is 0.313. The third kappa shape index (κ3) is 4.89. The summed E-state index contributed by atoms with van der Waals surface area (Å²) in [5.41, 5.74) is 0.824. The second-order valence-electron chi connectivity index (χ2n) is 4.12. The average molecular weight is 280 g/mol. The lowest BCUT2D eigenvalue weighted by Crippen LogP contribution is -2.20. The molecule has 19 heavy (non-hydrogen) atoms. The average Bonchev–Trinajstić information content (AvgIpc) is 2.38. The van der Waals surface area contributed by atoms with Crippen molar-refractivity contribution in [3.8, 4) is 5.75 Å². The molecule has 0 spiro atoms. The molecule has 0 aliphatic heterocycles. The van der Waals surface area contributed by atoms with E-state index in [1.54, 1.807) is 6.07 Å². The second kappa shape index (κ2) is 7.12. The summed E-state index contributed by atoms with van der Waals surface area (Å²) in [5.74, 6) is 0.530. The summed E-state index contributed by atoms with van der Waals surface area (Å²) >= 11 is 5.78. The van der Waals surface area contributed by atoms with Gasteiger partial charge in [-0.05, 0) is 35.9 Å². The van der Waals surface area contributed by atoms with Gasteiger partial charge in [0.25, 0.3) is 0 Å². The molecule has 2 nitrogen and oxygen atoms in total. The maximum absolute atomic E-state index is 13.1. The van der Waals surface area contributed by atoms with E-state index in [1.165, 1.54) is 12.1 Å². The van der Waals surface area contributed by atoms with Crippen molar-refractivity contribution in [1.82, 2.24) is 5.32 Å². The number of ether oxygens (including phenoxy) is 1. The van der Waals surface area contributed by atoms with Crippen LogP contribution >= 0.6 is 11.6 Å². The lowest BCUT2D eigenvalue weighted by atomic mass is 10.2. The van der Waals surface area contributed by atoms with Gasteiger partial charge in [0.1, 0.15) is 18.2 Å². The van der Waals surface area contributed by atoms with E-state index in [2.05, 4.69) is 5.32 Å². The van der Waals surface area contributed by atoms with Crippen molar-refractivity contribution in [2.45, 2.75) is 6.54 Å². The van der Waals surface area contributed by atoms with E-state index in [0.29, 0.717) is 24.7 Å². The van der Waals surface area contributed by atoms with Crippen molar-refractivity contribution in [3.05, 3.63) is 64.9 Å². The molecule has 4 heteroatoms. The summed E-state index contributed by atoms with van der Waals surface area (Å²) in [5, 5.41) is 3.59. The molecule has 2 rings (SSSR count). The zero-order chi connectivity index (χ0) is 13.5. The van der Waals surface area contributed by atoms with Crippen LogP contribution in [0.3, 0.4) is 0 Å². The first-order valence-corrected chi connectivity index (χ1v) is 6.45. The number of nitrogens with one attached hydrogen (secondary N) is 1. The molecule has 2 aromatic carbocycles. The van der Waals surface area contributed by atoms with Gasteiger partial charge in [0.05, 0.1) is 0 Å². The maximum Gasteiger partial charge on any atom is 0.125 e. The molecule has 0 aromatic heterocycles. The summed E-state index contributed by atoms with van der Waals surface area (Å²) in [6, 6.07) is 14.1. The van der Waals surface area contributed by atoms with Crippen LogP contribution in [0.5, 0.6) is 5.75 Å². The Morgan fingerprint density at radius 1 is 1.11 bits per heavy atom. The molecule has 0 saturated carbocycles. The van der Waals surface area contributed by atoms with E-state index in [9.17, 15) is 4.39 Å². The van der Waals surface area contributed by atoms with Crippen LogP contribution in [0.25, 0.3) is 0 Å². The predicted octanol–water partition coefficient (Wildman–Crippen LogP) is 3.65. The Balaban J connectivity index is 1.69. The molecule has 0 saturated heterocycles. The van der Waals surface area contributed by atoms with Crippen LogP contribution in [0, 0.1) is 5.82 Å². The second-order valence-corrected chi connectivity index (χ2v) is 4.55. The van der Waals surface area contributed by atoms with Crippen molar-refractivity contribution < 1.29 is 9.13 Å². The third-order valence-corrected chi connectivity index (χ3v) is 2.76. The Hall–Kier alpha value is -1.58. The smallest absolute Gasteiger partial charge is 0.125 e. The van der Waals surface area contributed by atoms with Gasteiger partial charge in [-0.15, -0.1) is 0 Å². The van der Waals surface area contributed by atoms with Gasteiger partial charge in [0, 0.05) is 18.1 Å². The highest BCUT2D eigenvalue weighted by Gasteiger charge is 1.99. The number of hydrogen-bond acceptors (Lipinski definition) is 2. The molecule has 0 radical (unpaired) electrons. The van der Waals surface area contributed by atoms with Crippen LogP contribution in [-0.2, 0) is 6.54 Å². The molecular formula is C15H15ClFNO. The number of benzene rings is 2. The molecule has 0 fully saturated rings. The van der Waals surface area contributed by atoms with Crippen molar-refractivity contribution in [2.24, 2.45) is 0 Å². The zero-order valence-electron chi connectivity index (χ0n) is 10.4. The minimum absolute atomic E-state index is 0.315. The van der Waals surface area contributed by atoms with Gasteiger partial charge in [0.2, 0.25) is 0 Å². The van der Waals surface area contributed by atoms with Gasteiger partial charge in [-0.2, -0.15) is 0 Å². The SMILES string of the molecule is Fc1cc(Cl)cc(CNCCOc2ccccc2)c1. The van der Waals surface area contributed by atoms with Crippen LogP contribution < -0.4 is 10.1 Å². The molecule has 0 atom stereocenters.